The lowest BCUT2D eigenvalue weighted by Crippen LogP contribution is -2.05. The summed E-state index contributed by atoms with van der Waals surface area (Å²) in [6, 6.07) is 10.5. The molecule has 0 aromatic heterocycles. The van der Waals surface area contributed by atoms with Gasteiger partial charge in [-0.25, -0.2) is 4.39 Å². The number of hydrogen-bond donors (Lipinski definition) is 1. The summed E-state index contributed by atoms with van der Waals surface area (Å²) in [5.41, 5.74) is 8.07. The van der Waals surface area contributed by atoms with Crippen molar-refractivity contribution in [2.75, 3.05) is 7.11 Å². The van der Waals surface area contributed by atoms with Crippen molar-refractivity contribution in [1.29, 1.82) is 0 Å². The van der Waals surface area contributed by atoms with Crippen LogP contribution < -0.4 is 15.2 Å². The third-order valence-corrected chi connectivity index (χ3v) is 3.15. The monoisotopic (exact) mass is 275 g/mol. The molecule has 0 aliphatic rings. The fraction of sp³-hybridized carbons (Fsp3) is 0.250. The van der Waals surface area contributed by atoms with E-state index in [0.29, 0.717) is 17.9 Å². The zero-order chi connectivity index (χ0) is 14.5. The molecule has 0 unspecified atom stereocenters. The molecule has 0 fully saturated rings. The SMILES string of the molecule is COc1ccc(COc2c(C)cccc2CN)c(F)c1. The number of ether oxygens (including phenoxy) is 2. The van der Waals surface area contributed by atoms with Crippen LogP contribution in [0.2, 0.25) is 0 Å². The van der Waals surface area contributed by atoms with Gasteiger partial charge in [-0.2, -0.15) is 0 Å². The van der Waals surface area contributed by atoms with Gasteiger partial charge in [0.1, 0.15) is 23.9 Å². The Balaban J connectivity index is 2.17. The lowest BCUT2D eigenvalue weighted by Gasteiger charge is -2.14. The molecule has 0 amide bonds. The van der Waals surface area contributed by atoms with Gasteiger partial charge in [0.2, 0.25) is 0 Å². The summed E-state index contributed by atoms with van der Waals surface area (Å²) in [4.78, 5) is 0. The number of benzene rings is 2. The maximum absolute atomic E-state index is 13.8. The van der Waals surface area contributed by atoms with Crippen LogP contribution in [0.4, 0.5) is 4.39 Å². The zero-order valence-corrected chi connectivity index (χ0v) is 11.7. The van der Waals surface area contributed by atoms with Gasteiger partial charge in [0.05, 0.1) is 7.11 Å². The van der Waals surface area contributed by atoms with Gasteiger partial charge in [-0.3, -0.25) is 0 Å². The molecule has 0 radical (unpaired) electrons. The quantitative estimate of drug-likeness (QED) is 0.911. The minimum atomic E-state index is -0.341. The molecule has 2 aromatic rings. The molecule has 0 spiro atoms. The van der Waals surface area contributed by atoms with Crippen LogP contribution in [0, 0.1) is 12.7 Å². The number of hydrogen-bond acceptors (Lipinski definition) is 3. The third-order valence-electron chi connectivity index (χ3n) is 3.15. The van der Waals surface area contributed by atoms with Crippen LogP contribution >= 0.6 is 0 Å². The Morgan fingerprint density at radius 2 is 1.95 bits per heavy atom. The summed E-state index contributed by atoms with van der Waals surface area (Å²) < 4.78 is 24.5. The van der Waals surface area contributed by atoms with Gasteiger partial charge >= 0.3 is 0 Å². The van der Waals surface area contributed by atoms with Crippen molar-refractivity contribution >= 4 is 0 Å². The van der Waals surface area contributed by atoms with Gasteiger partial charge in [0.15, 0.2) is 0 Å². The second-order valence-corrected chi connectivity index (χ2v) is 4.51. The molecule has 0 bridgehead atoms. The summed E-state index contributed by atoms with van der Waals surface area (Å²) >= 11 is 0. The highest BCUT2D eigenvalue weighted by molar-refractivity contribution is 5.41. The number of rotatable bonds is 5. The van der Waals surface area contributed by atoms with Gasteiger partial charge < -0.3 is 15.2 Å². The molecule has 20 heavy (non-hydrogen) atoms. The van der Waals surface area contributed by atoms with Crippen molar-refractivity contribution in [1.82, 2.24) is 0 Å². The first kappa shape index (κ1) is 14.3. The molecular weight excluding hydrogens is 257 g/mol. The molecule has 0 saturated carbocycles. The van der Waals surface area contributed by atoms with Crippen LogP contribution in [0.3, 0.4) is 0 Å². The topological polar surface area (TPSA) is 44.5 Å². The van der Waals surface area contributed by atoms with Crippen LogP contribution in [-0.2, 0) is 13.2 Å². The Kier molecular flexibility index (Phi) is 4.58. The molecule has 0 saturated heterocycles. The molecule has 0 atom stereocenters. The minimum Gasteiger partial charge on any atom is -0.497 e. The van der Waals surface area contributed by atoms with Crippen LogP contribution in [0.1, 0.15) is 16.7 Å². The van der Waals surface area contributed by atoms with E-state index in [1.54, 1.807) is 12.1 Å². The van der Waals surface area contributed by atoms with E-state index in [0.717, 1.165) is 16.9 Å². The van der Waals surface area contributed by atoms with Crippen molar-refractivity contribution in [2.24, 2.45) is 5.73 Å². The summed E-state index contributed by atoms with van der Waals surface area (Å²) in [5.74, 6) is 0.877. The molecule has 2 N–H and O–H groups in total. The fourth-order valence-corrected chi connectivity index (χ4v) is 2.00. The van der Waals surface area contributed by atoms with E-state index in [1.807, 2.05) is 25.1 Å². The summed E-state index contributed by atoms with van der Waals surface area (Å²) in [5, 5.41) is 0. The molecule has 106 valence electrons. The highest BCUT2D eigenvalue weighted by Gasteiger charge is 2.09. The number of methoxy groups -OCH3 is 1. The Labute approximate surface area is 118 Å². The Morgan fingerprint density at radius 1 is 1.15 bits per heavy atom. The largest absolute Gasteiger partial charge is 0.497 e. The number of nitrogens with two attached hydrogens (primary N) is 1. The zero-order valence-electron chi connectivity index (χ0n) is 11.7. The standard InChI is InChI=1S/C16H18FNO2/c1-11-4-3-5-12(9-18)16(11)20-10-13-6-7-14(19-2)8-15(13)17/h3-8H,9-10,18H2,1-2H3. The average Bonchev–Trinajstić information content (AvgIpc) is 2.46. The van der Waals surface area contributed by atoms with E-state index in [9.17, 15) is 4.39 Å². The fourth-order valence-electron chi connectivity index (χ4n) is 2.00. The lowest BCUT2D eigenvalue weighted by molar-refractivity contribution is 0.294. The van der Waals surface area contributed by atoms with Crippen LogP contribution in [0.15, 0.2) is 36.4 Å². The Bertz CT molecular complexity index is 599. The van der Waals surface area contributed by atoms with E-state index < -0.39 is 0 Å². The summed E-state index contributed by atoms with van der Waals surface area (Å²) in [6.45, 7) is 2.49. The van der Waals surface area contributed by atoms with Gasteiger partial charge in [-0.05, 0) is 24.6 Å². The van der Waals surface area contributed by atoms with E-state index in [1.165, 1.54) is 13.2 Å². The average molecular weight is 275 g/mol. The predicted molar refractivity (Wildman–Crippen MR) is 76.4 cm³/mol. The number of para-hydroxylation sites is 1. The maximum atomic E-state index is 13.8. The highest BCUT2D eigenvalue weighted by Crippen LogP contribution is 2.25. The van der Waals surface area contributed by atoms with E-state index in [2.05, 4.69) is 0 Å². The first-order valence-electron chi connectivity index (χ1n) is 6.39. The third kappa shape index (κ3) is 3.08. The number of aryl methyl sites for hydroxylation is 1. The number of halogens is 1. The van der Waals surface area contributed by atoms with E-state index >= 15 is 0 Å². The first-order valence-corrected chi connectivity index (χ1v) is 6.39. The molecular formula is C16H18FNO2. The lowest BCUT2D eigenvalue weighted by atomic mass is 10.1. The molecule has 0 heterocycles. The highest BCUT2D eigenvalue weighted by atomic mass is 19.1. The van der Waals surface area contributed by atoms with Gasteiger partial charge in [0.25, 0.3) is 0 Å². The molecule has 2 aromatic carbocycles. The Morgan fingerprint density at radius 3 is 2.60 bits per heavy atom. The van der Waals surface area contributed by atoms with Crippen molar-refractivity contribution in [3.05, 3.63) is 58.9 Å². The van der Waals surface area contributed by atoms with Gasteiger partial charge in [-0.1, -0.05) is 18.2 Å². The molecule has 2 rings (SSSR count). The smallest absolute Gasteiger partial charge is 0.133 e. The molecule has 0 aliphatic carbocycles. The maximum Gasteiger partial charge on any atom is 0.133 e. The van der Waals surface area contributed by atoms with Crippen molar-refractivity contribution in [2.45, 2.75) is 20.1 Å². The second kappa shape index (κ2) is 6.39. The summed E-state index contributed by atoms with van der Waals surface area (Å²) in [7, 11) is 1.51. The molecule has 0 aliphatic heterocycles. The van der Waals surface area contributed by atoms with E-state index in [4.69, 9.17) is 15.2 Å². The Hall–Kier alpha value is -2.07. The summed E-state index contributed by atoms with van der Waals surface area (Å²) in [6.07, 6.45) is 0. The van der Waals surface area contributed by atoms with Crippen LogP contribution in [-0.4, -0.2) is 7.11 Å². The molecule has 4 heteroatoms. The first-order chi connectivity index (χ1) is 9.65. The van der Waals surface area contributed by atoms with Crippen molar-refractivity contribution < 1.29 is 13.9 Å². The van der Waals surface area contributed by atoms with Gasteiger partial charge in [0, 0.05) is 23.7 Å². The minimum absolute atomic E-state index is 0.160. The van der Waals surface area contributed by atoms with E-state index in [-0.39, 0.29) is 12.4 Å². The second-order valence-electron chi connectivity index (χ2n) is 4.51. The molecule has 3 nitrogen and oxygen atoms in total. The van der Waals surface area contributed by atoms with Crippen molar-refractivity contribution in [3.63, 3.8) is 0 Å². The predicted octanol–water partition coefficient (Wildman–Crippen LogP) is 3.18. The van der Waals surface area contributed by atoms with Gasteiger partial charge in [-0.15, -0.1) is 0 Å². The normalized spacial score (nSPS) is 10.4. The van der Waals surface area contributed by atoms with Crippen molar-refractivity contribution in [3.8, 4) is 11.5 Å². The van der Waals surface area contributed by atoms with Crippen LogP contribution in [0.25, 0.3) is 0 Å². The van der Waals surface area contributed by atoms with Crippen LogP contribution in [0.5, 0.6) is 11.5 Å².